The lowest BCUT2D eigenvalue weighted by molar-refractivity contribution is 0.231. The molecule has 152 valence electrons. The minimum atomic E-state index is -0.693. The number of nitrogens with one attached hydrogen (secondary N) is 1. The number of hydrogen-bond acceptors (Lipinski definition) is 2. The summed E-state index contributed by atoms with van der Waals surface area (Å²) in [6.07, 6.45) is 1.66. The van der Waals surface area contributed by atoms with Crippen molar-refractivity contribution in [3.8, 4) is 16.9 Å². The van der Waals surface area contributed by atoms with Crippen LogP contribution in [0.5, 0.6) is 5.75 Å². The van der Waals surface area contributed by atoms with Gasteiger partial charge in [-0.3, -0.25) is 0 Å². The third-order valence-electron chi connectivity index (χ3n) is 5.64. The Morgan fingerprint density at radius 2 is 1.73 bits per heavy atom. The van der Waals surface area contributed by atoms with Gasteiger partial charge >= 0.3 is 0 Å². The van der Waals surface area contributed by atoms with Crippen LogP contribution in [0, 0.1) is 11.6 Å². The molecule has 0 spiro atoms. The van der Waals surface area contributed by atoms with Gasteiger partial charge in [-0.15, -0.1) is 0 Å². The molecule has 1 N–H and O–H groups in total. The lowest BCUT2D eigenvalue weighted by Gasteiger charge is -2.37. The van der Waals surface area contributed by atoms with Crippen molar-refractivity contribution in [1.29, 1.82) is 0 Å². The van der Waals surface area contributed by atoms with Crippen LogP contribution in [-0.4, -0.2) is 5.54 Å². The van der Waals surface area contributed by atoms with E-state index in [0.29, 0.717) is 5.56 Å². The Bertz CT molecular complexity index is 1210. The molecule has 2 aliphatic rings. The maximum absolute atomic E-state index is 14.7. The molecule has 0 radical (unpaired) electrons. The summed E-state index contributed by atoms with van der Waals surface area (Å²) in [6, 6.07) is 13.9. The number of ether oxygens (including phenoxy) is 1. The Hall–Kier alpha value is -2.66. The van der Waals surface area contributed by atoms with Gasteiger partial charge in [0.25, 0.3) is 0 Å². The Labute approximate surface area is 182 Å². The fraction of sp³-hybridized carbons (Fsp3) is 0.200. The van der Waals surface area contributed by atoms with E-state index in [0.717, 1.165) is 44.1 Å². The summed E-state index contributed by atoms with van der Waals surface area (Å²) in [4.78, 5) is 0. The molecule has 2 nitrogen and oxygen atoms in total. The van der Waals surface area contributed by atoms with Crippen LogP contribution in [0.4, 0.5) is 14.5 Å². The highest BCUT2D eigenvalue weighted by Gasteiger charge is 2.35. The smallest absolute Gasteiger partial charge is 0.168 e. The number of rotatable bonds is 1. The molecule has 3 aromatic rings. The first-order chi connectivity index (χ1) is 14.2. The van der Waals surface area contributed by atoms with E-state index < -0.39 is 17.7 Å². The molecule has 0 fully saturated rings. The third-order valence-corrected chi connectivity index (χ3v) is 6.17. The average molecular weight is 468 g/mol. The Morgan fingerprint density at radius 1 is 1.00 bits per heavy atom. The number of hydrogen-bond donors (Lipinski definition) is 1. The van der Waals surface area contributed by atoms with E-state index in [4.69, 9.17) is 4.74 Å². The highest BCUT2D eigenvalue weighted by Crippen LogP contribution is 2.51. The van der Waals surface area contributed by atoms with E-state index in [1.807, 2.05) is 36.4 Å². The zero-order valence-corrected chi connectivity index (χ0v) is 18.4. The van der Waals surface area contributed by atoms with E-state index in [2.05, 4.69) is 48.1 Å². The van der Waals surface area contributed by atoms with Crippen LogP contribution < -0.4 is 10.1 Å². The van der Waals surface area contributed by atoms with Gasteiger partial charge in [0, 0.05) is 32.9 Å². The first kappa shape index (κ1) is 19.3. The molecular formula is C25H20BrF2NO. The molecule has 1 unspecified atom stereocenters. The highest BCUT2D eigenvalue weighted by atomic mass is 79.9. The minimum Gasteiger partial charge on any atom is -0.477 e. The standard InChI is InChI=1S/C25H20BrF2NO/c1-13-12-25(2,3)29-20-9-8-17-18-10-16(27)11-19(28)24(18)30-23(22(17)21(13)20)14-4-6-15(26)7-5-14/h4-12,23,29H,1-3H3. The predicted molar refractivity (Wildman–Crippen MR) is 120 cm³/mol. The fourth-order valence-corrected chi connectivity index (χ4v) is 4.85. The Kier molecular flexibility index (Phi) is 4.30. The molecule has 0 bridgehead atoms. The van der Waals surface area contributed by atoms with E-state index in [-0.39, 0.29) is 11.3 Å². The highest BCUT2D eigenvalue weighted by molar-refractivity contribution is 9.10. The second kappa shape index (κ2) is 6.67. The summed E-state index contributed by atoms with van der Waals surface area (Å²) in [6.45, 7) is 6.30. The van der Waals surface area contributed by atoms with Gasteiger partial charge in [0.05, 0.1) is 5.54 Å². The summed E-state index contributed by atoms with van der Waals surface area (Å²) >= 11 is 3.47. The van der Waals surface area contributed by atoms with Gasteiger partial charge in [-0.1, -0.05) is 40.2 Å². The van der Waals surface area contributed by atoms with Gasteiger partial charge < -0.3 is 10.1 Å². The minimum absolute atomic E-state index is 0.0856. The van der Waals surface area contributed by atoms with Gasteiger partial charge in [0.15, 0.2) is 17.7 Å². The molecule has 1 atom stereocenters. The van der Waals surface area contributed by atoms with Crippen molar-refractivity contribution < 1.29 is 13.5 Å². The third kappa shape index (κ3) is 3.03. The van der Waals surface area contributed by atoms with Gasteiger partial charge in [0.1, 0.15) is 5.82 Å². The zero-order valence-electron chi connectivity index (χ0n) is 16.8. The van der Waals surface area contributed by atoms with Gasteiger partial charge in [-0.2, -0.15) is 0 Å². The van der Waals surface area contributed by atoms with Crippen LogP contribution in [0.3, 0.4) is 0 Å². The maximum atomic E-state index is 14.7. The van der Waals surface area contributed by atoms with Crippen LogP contribution in [-0.2, 0) is 0 Å². The molecule has 0 saturated carbocycles. The first-order valence-corrected chi connectivity index (χ1v) is 10.6. The van der Waals surface area contributed by atoms with E-state index in [1.165, 1.54) is 6.07 Å². The second-order valence-electron chi connectivity index (χ2n) is 8.44. The predicted octanol–water partition coefficient (Wildman–Crippen LogP) is 7.48. The van der Waals surface area contributed by atoms with Crippen LogP contribution in [0.1, 0.15) is 43.6 Å². The number of allylic oxidation sites excluding steroid dienone is 1. The zero-order chi connectivity index (χ0) is 21.2. The summed E-state index contributed by atoms with van der Waals surface area (Å²) in [5, 5.41) is 3.56. The summed E-state index contributed by atoms with van der Waals surface area (Å²) in [5.74, 6) is -1.23. The molecule has 3 aromatic carbocycles. The van der Waals surface area contributed by atoms with Crippen molar-refractivity contribution in [2.24, 2.45) is 0 Å². The molecule has 0 aliphatic carbocycles. The monoisotopic (exact) mass is 467 g/mol. The lowest BCUT2D eigenvalue weighted by atomic mass is 9.80. The molecular weight excluding hydrogens is 448 g/mol. The molecule has 0 amide bonds. The van der Waals surface area contributed by atoms with Crippen LogP contribution >= 0.6 is 15.9 Å². The van der Waals surface area contributed by atoms with Gasteiger partial charge in [-0.05, 0) is 61.7 Å². The summed E-state index contributed by atoms with van der Waals surface area (Å²) in [7, 11) is 0. The van der Waals surface area contributed by atoms with Crippen molar-refractivity contribution in [3.63, 3.8) is 0 Å². The van der Waals surface area contributed by atoms with Crippen LogP contribution in [0.2, 0.25) is 0 Å². The molecule has 2 heterocycles. The molecule has 5 heteroatoms. The van der Waals surface area contributed by atoms with Gasteiger partial charge in [-0.25, -0.2) is 8.78 Å². The van der Waals surface area contributed by atoms with Gasteiger partial charge in [0.2, 0.25) is 0 Å². The number of halogens is 3. The summed E-state index contributed by atoms with van der Waals surface area (Å²) in [5.41, 5.74) is 5.98. The van der Waals surface area contributed by atoms with Crippen molar-refractivity contribution in [2.75, 3.05) is 5.32 Å². The molecule has 2 aliphatic heterocycles. The van der Waals surface area contributed by atoms with E-state index in [9.17, 15) is 8.78 Å². The van der Waals surface area contributed by atoms with Crippen LogP contribution in [0.15, 0.2) is 59.1 Å². The molecule has 0 aromatic heterocycles. The summed E-state index contributed by atoms with van der Waals surface area (Å²) < 4.78 is 36.0. The molecule has 5 rings (SSSR count). The maximum Gasteiger partial charge on any atom is 0.168 e. The average Bonchev–Trinajstić information content (AvgIpc) is 2.66. The molecule has 30 heavy (non-hydrogen) atoms. The lowest BCUT2D eigenvalue weighted by Crippen LogP contribution is -2.32. The van der Waals surface area contributed by atoms with Crippen molar-refractivity contribution >= 4 is 27.2 Å². The Morgan fingerprint density at radius 3 is 2.47 bits per heavy atom. The second-order valence-corrected chi connectivity index (χ2v) is 9.35. The SMILES string of the molecule is CC1=CC(C)(C)Nc2ccc3c(c21)C(c1ccc(Br)cc1)Oc1c(F)cc(F)cc1-3. The largest absolute Gasteiger partial charge is 0.477 e. The van der Waals surface area contributed by atoms with Crippen LogP contribution in [0.25, 0.3) is 16.7 Å². The molecule has 0 saturated heterocycles. The topological polar surface area (TPSA) is 21.3 Å². The number of anilines is 1. The quantitative estimate of drug-likeness (QED) is 0.400. The van der Waals surface area contributed by atoms with E-state index in [1.54, 1.807) is 0 Å². The van der Waals surface area contributed by atoms with Crippen molar-refractivity contribution in [3.05, 3.63) is 87.4 Å². The number of benzene rings is 3. The number of fused-ring (bicyclic) bond motifs is 5. The van der Waals surface area contributed by atoms with E-state index >= 15 is 0 Å². The normalized spacial score (nSPS) is 18.3. The Balaban J connectivity index is 1.83. The first-order valence-electron chi connectivity index (χ1n) is 9.80. The van der Waals surface area contributed by atoms with Crippen molar-refractivity contribution in [2.45, 2.75) is 32.4 Å². The fourth-order valence-electron chi connectivity index (χ4n) is 4.58. The van der Waals surface area contributed by atoms with Crippen molar-refractivity contribution in [1.82, 2.24) is 0 Å².